The molecule has 2 N–H and O–H groups in total. The Bertz CT molecular complexity index is 269. The zero-order valence-corrected chi connectivity index (χ0v) is 7.34. The Labute approximate surface area is 76.7 Å². The molecule has 70 valence electrons. The van der Waals surface area contributed by atoms with E-state index in [0.29, 0.717) is 6.29 Å². The van der Waals surface area contributed by atoms with Crippen molar-refractivity contribution in [3.05, 3.63) is 36.5 Å². The number of hydrogen-bond acceptors (Lipinski definition) is 3. The second kappa shape index (κ2) is 3.28. The van der Waals surface area contributed by atoms with Crippen LogP contribution in [0.2, 0.25) is 0 Å². The molecule has 0 amide bonds. The van der Waals surface area contributed by atoms with Gasteiger partial charge in [-0.25, -0.2) is 0 Å². The molecule has 0 unspecified atom stereocenters. The molecule has 0 atom stereocenters. The van der Waals surface area contributed by atoms with Gasteiger partial charge in [-0.2, -0.15) is 0 Å². The highest BCUT2D eigenvalue weighted by molar-refractivity contribution is 5.65. The van der Waals surface area contributed by atoms with Gasteiger partial charge in [0, 0.05) is 0 Å². The van der Waals surface area contributed by atoms with E-state index in [4.69, 9.17) is 0 Å². The minimum absolute atomic E-state index is 0.590. The molecule has 13 heavy (non-hydrogen) atoms. The molecule has 0 aliphatic heterocycles. The van der Waals surface area contributed by atoms with Crippen molar-refractivity contribution < 1.29 is 15.0 Å². The van der Waals surface area contributed by atoms with Crippen molar-refractivity contribution in [1.82, 2.24) is 0 Å². The molecular formula is C10H12O3. The minimum atomic E-state index is -1.25. The third kappa shape index (κ3) is 2.65. The topological polar surface area (TPSA) is 57.5 Å². The van der Waals surface area contributed by atoms with E-state index in [1.807, 2.05) is 0 Å². The van der Waals surface area contributed by atoms with Crippen molar-refractivity contribution in [3.63, 3.8) is 0 Å². The van der Waals surface area contributed by atoms with Crippen LogP contribution < -0.4 is 0 Å². The highest BCUT2D eigenvalue weighted by Gasteiger charge is 2.24. The third-order valence-electron chi connectivity index (χ3n) is 1.82. The molecule has 0 heterocycles. The summed E-state index contributed by atoms with van der Waals surface area (Å²) < 4.78 is 0. The van der Waals surface area contributed by atoms with Crippen LogP contribution in [0.3, 0.4) is 0 Å². The molecule has 0 aromatic heterocycles. The summed E-state index contributed by atoms with van der Waals surface area (Å²) in [6, 6.07) is 0. The lowest BCUT2D eigenvalue weighted by Gasteiger charge is -2.25. The van der Waals surface area contributed by atoms with Crippen LogP contribution in [0.4, 0.5) is 0 Å². The fourth-order valence-electron chi connectivity index (χ4n) is 1.02. The Hall–Kier alpha value is -1.19. The SMILES string of the molecule is CC1(O)C=CC(O)(C=CC=O)C=C1. The molecule has 0 spiro atoms. The van der Waals surface area contributed by atoms with Crippen LogP contribution in [-0.2, 0) is 4.79 Å². The number of hydrogen-bond donors (Lipinski definition) is 2. The van der Waals surface area contributed by atoms with E-state index in [-0.39, 0.29) is 0 Å². The van der Waals surface area contributed by atoms with Crippen LogP contribution in [-0.4, -0.2) is 27.7 Å². The Morgan fingerprint density at radius 3 is 2.15 bits per heavy atom. The highest BCUT2D eigenvalue weighted by atomic mass is 16.3. The zero-order valence-electron chi connectivity index (χ0n) is 7.34. The van der Waals surface area contributed by atoms with E-state index >= 15 is 0 Å². The molecular weight excluding hydrogens is 168 g/mol. The first-order chi connectivity index (χ1) is 5.97. The summed E-state index contributed by atoms with van der Waals surface area (Å²) in [5.41, 5.74) is -2.26. The smallest absolute Gasteiger partial charge is 0.142 e. The number of carbonyl (C=O) groups excluding carboxylic acids is 1. The van der Waals surface area contributed by atoms with E-state index in [1.54, 1.807) is 6.92 Å². The maximum absolute atomic E-state index is 10.0. The van der Waals surface area contributed by atoms with Crippen molar-refractivity contribution in [2.75, 3.05) is 0 Å². The van der Waals surface area contributed by atoms with Gasteiger partial charge < -0.3 is 10.2 Å². The van der Waals surface area contributed by atoms with Crippen molar-refractivity contribution >= 4 is 6.29 Å². The van der Waals surface area contributed by atoms with E-state index in [0.717, 1.165) is 0 Å². The predicted molar refractivity (Wildman–Crippen MR) is 49.1 cm³/mol. The van der Waals surface area contributed by atoms with Crippen molar-refractivity contribution in [1.29, 1.82) is 0 Å². The maximum atomic E-state index is 10.0. The van der Waals surface area contributed by atoms with E-state index in [1.165, 1.54) is 36.5 Å². The number of rotatable bonds is 2. The second-order valence-corrected chi connectivity index (χ2v) is 3.27. The molecule has 3 nitrogen and oxygen atoms in total. The normalized spacial score (nSPS) is 38.4. The summed E-state index contributed by atoms with van der Waals surface area (Å²) in [7, 11) is 0. The molecule has 0 bridgehead atoms. The number of carbonyl (C=O) groups is 1. The van der Waals surface area contributed by atoms with Gasteiger partial charge in [0.1, 0.15) is 11.9 Å². The van der Waals surface area contributed by atoms with Crippen molar-refractivity contribution in [3.8, 4) is 0 Å². The summed E-state index contributed by atoms with van der Waals surface area (Å²) in [6.45, 7) is 1.60. The van der Waals surface area contributed by atoms with Gasteiger partial charge in [0.15, 0.2) is 0 Å². The number of allylic oxidation sites excluding steroid dienone is 1. The zero-order chi connectivity index (χ0) is 9.95. The van der Waals surface area contributed by atoms with Crippen LogP contribution in [0.25, 0.3) is 0 Å². The molecule has 0 saturated heterocycles. The van der Waals surface area contributed by atoms with Gasteiger partial charge in [-0.15, -0.1) is 0 Å². The first kappa shape index (κ1) is 9.89. The summed E-state index contributed by atoms with van der Waals surface area (Å²) in [6.07, 6.45) is 8.98. The van der Waals surface area contributed by atoms with Gasteiger partial charge >= 0.3 is 0 Å². The van der Waals surface area contributed by atoms with Crippen LogP contribution >= 0.6 is 0 Å². The predicted octanol–water partition coefficient (Wildman–Crippen LogP) is 0.350. The van der Waals surface area contributed by atoms with Gasteiger partial charge in [-0.05, 0) is 31.2 Å². The summed E-state index contributed by atoms with van der Waals surface area (Å²) in [5.74, 6) is 0. The van der Waals surface area contributed by atoms with Crippen molar-refractivity contribution in [2.24, 2.45) is 0 Å². The van der Waals surface area contributed by atoms with Gasteiger partial charge in [-0.1, -0.05) is 12.2 Å². The number of aliphatic hydroxyl groups is 2. The average Bonchev–Trinajstić information content (AvgIpc) is 2.08. The first-order valence-electron chi connectivity index (χ1n) is 3.96. The fourth-order valence-corrected chi connectivity index (χ4v) is 1.02. The Balaban J connectivity index is 2.82. The largest absolute Gasteiger partial charge is 0.382 e. The average molecular weight is 180 g/mol. The molecule has 3 heteroatoms. The van der Waals surface area contributed by atoms with Gasteiger partial charge in [0.2, 0.25) is 0 Å². The number of aldehydes is 1. The van der Waals surface area contributed by atoms with Crippen LogP contribution in [0.1, 0.15) is 6.92 Å². The molecule has 1 aliphatic rings. The molecule has 1 rings (SSSR count). The Kier molecular flexibility index (Phi) is 2.50. The molecule has 0 saturated carbocycles. The Morgan fingerprint density at radius 1 is 1.15 bits per heavy atom. The molecule has 0 aromatic rings. The Morgan fingerprint density at radius 2 is 1.69 bits per heavy atom. The monoisotopic (exact) mass is 180 g/mol. The molecule has 0 fully saturated rings. The van der Waals surface area contributed by atoms with Gasteiger partial charge in [0.25, 0.3) is 0 Å². The third-order valence-corrected chi connectivity index (χ3v) is 1.82. The summed E-state index contributed by atoms with van der Waals surface area (Å²) in [5, 5.41) is 19.2. The quantitative estimate of drug-likeness (QED) is 0.366. The molecule has 1 aliphatic carbocycles. The van der Waals surface area contributed by atoms with Gasteiger partial charge in [-0.3, -0.25) is 4.79 Å². The highest BCUT2D eigenvalue weighted by Crippen LogP contribution is 2.22. The van der Waals surface area contributed by atoms with E-state index in [2.05, 4.69) is 0 Å². The maximum Gasteiger partial charge on any atom is 0.142 e. The summed E-state index contributed by atoms with van der Waals surface area (Å²) in [4.78, 5) is 10.0. The van der Waals surface area contributed by atoms with Crippen LogP contribution in [0.15, 0.2) is 36.5 Å². The van der Waals surface area contributed by atoms with Crippen molar-refractivity contribution in [2.45, 2.75) is 18.1 Å². The van der Waals surface area contributed by atoms with E-state index in [9.17, 15) is 15.0 Å². The van der Waals surface area contributed by atoms with E-state index < -0.39 is 11.2 Å². The molecule has 0 aromatic carbocycles. The van der Waals surface area contributed by atoms with Crippen LogP contribution in [0.5, 0.6) is 0 Å². The summed E-state index contributed by atoms with van der Waals surface area (Å²) >= 11 is 0. The fraction of sp³-hybridized carbons (Fsp3) is 0.300. The standard InChI is InChI=1S/C10H12O3/c1-9(12)4-6-10(13,7-5-9)3-2-8-11/h2-8,12-13H,1H3. The van der Waals surface area contributed by atoms with Crippen LogP contribution in [0, 0.1) is 0 Å². The lowest BCUT2D eigenvalue weighted by Crippen LogP contribution is -2.29. The lowest BCUT2D eigenvalue weighted by atomic mass is 9.90. The first-order valence-corrected chi connectivity index (χ1v) is 3.96. The van der Waals surface area contributed by atoms with Gasteiger partial charge in [0.05, 0.1) is 5.60 Å². The molecule has 0 radical (unpaired) electrons. The lowest BCUT2D eigenvalue weighted by molar-refractivity contribution is -0.104. The second-order valence-electron chi connectivity index (χ2n) is 3.27. The minimum Gasteiger partial charge on any atom is -0.382 e.